The van der Waals surface area contributed by atoms with Crippen molar-refractivity contribution in [3.05, 3.63) is 30.6 Å². The average Bonchev–Trinajstić information content (AvgIpc) is 2.47. The molecule has 2 rings (SSSR count). The van der Waals surface area contributed by atoms with Gasteiger partial charge in [0.1, 0.15) is 0 Å². The van der Waals surface area contributed by atoms with Crippen molar-refractivity contribution in [2.75, 3.05) is 18.5 Å². The molecule has 0 saturated heterocycles. The Balaban J connectivity index is 1.79. The fourth-order valence-electron chi connectivity index (χ4n) is 2.68. The first-order valence-electron chi connectivity index (χ1n) is 7.74. The van der Waals surface area contributed by atoms with Crippen LogP contribution in [0.5, 0.6) is 0 Å². The molecule has 1 aromatic carbocycles. The van der Waals surface area contributed by atoms with E-state index in [2.05, 4.69) is 35.2 Å². The van der Waals surface area contributed by atoms with Crippen LogP contribution in [0.1, 0.15) is 33.1 Å². The van der Waals surface area contributed by atoms with Gasteiger partial charge in [-0.2, -0.15) is 0 Å². The molecule has 2 atom stereocenters. The maximum absolute atomic E-state index is 8.94. The summed E-state index contributed by atoms with van der Waals surface area (Å²) in [5, 5.41) is 12.4. The van der Waals surface area contributed by atoms with Gasteiger partial charge in [-0.15, -0.1) is 0 Å². The van der Waals surface area contributed by atoms with Gasteiger partial charge in [-0.1, -0.05) is 13.8 Å². The van der Waals surface area contributed by atoms with Crippen molar-refractivity contribution >= 4 is 16.7 Å². The van der Waals surface area contributed by atoms with E-state index in [1.807, 2.05) is 12.1 Å². The van der Waals surface area contributed by atoms with E-state index >= 15 is 0 Å². The maximum Gasteiger partial charge on any atom is 0.0907 e. The Morgan fingerprint density at radius 3 is 2.52 bits per heavy atom. The monoisotopic (exact) mass is 287 g/mol. The standard InChI is InChI=1S/C17H25N3O/c1-13(11-14(2)6-10-21)5-7-18-15-3-4-16-17(12-15)20-9-8-19-16/h3-4,8-9,12-14,18,21H,5-7,10-11H2,1-2H3. The highest BCUT2D eigenvalue weighted by Gasteiger charge is 2.08. The summed E-state index contributed by atoms with van der Waals surface area (Å²) in [5.74, 6) is 1.26. The van der Waals surface area contributed by atoms with E-state index in [0.717, 1.165) is 36.1 Å². The van der Waals surface area contributed by atoms with E-state index in [0.29, 0.717) is 18.4 Å². The molecule has 1 aromatic heterocycles. The molecule has 2 N–H and O–H groups in total. The lowest BCUT2D eigenvalue weighted by molar-refractivity contribution is 0.247. The normalized spacial score (nSPS) is 14.0. The summed E-state index contributed by atoms with van der Waals surface area (Å²) in [6, 6.07) is 6.09. The number of hydrogen-bond donors (Lipinski definition) is 2. The molecule has 0 saturated carbocycles. The van der Waals surface area contributed by atoms with Gasteiger partial charge in [0.15, 0.2) is 0 Å². The van der Waals surface area contributed by atoms with Crippen molar-refractivity contribution in [2.24, 2.45) is 11.8 Å². The van der Waals surface area contributed by atoms with Crippen LogP contribution in [-0.2, 0) is 0 Å². The fraction of sp³-hybridized carbons (Fsp3) is 0.529. The lowest BCUT2D eigenvalue weighted by Gasteiger charge is -2.17. The molecule has 0 aliphatic rings. The minimum atomic E-state index is 0.296. The highest BCUT2D eigenvalue weighted by atomic mass is 16.3. The van der Waals surface area contributed by atoms with E-state index in [4.69, 9.17) is 5.11 Å². The number of nitrogens with one attached hydrogen (secondary N) is 1. The number of hydrogen-bond acceptors (Lipinski definition) is 4. The van der Waals surface area contributed by atoms with E-state index in [1.165, 1.54) is 6.42 Å². The van der Waals surface area contributed by atoms with E-state index in [9.17, 15) is 0 Å². The molecule has 0 spiro atoms. The van der Waals surface area contributed by atoms with Gasteiger partial charge >= 0.3 is 0 Å². The first-order chi connectivity index (χ1) is 10.2. The number of nitrogens with zero attached hydrogens (tertiary/aromatic N) is 2. The van der Waals surface area contributed by atoms with Crippen LogP contribution in [0.4, 0.5) is 5.69 Å². The molecular formula is C17H25N3O. The zero-order valence-electron chi connectivity index (χ0n) is 12.9. The maximum atomic E-state index is 8.94. The highest BCUT2D eigenvalue weighted by molar-refractivity contribution is 5.78. The van der Waals surface area contributed by atoms with Crippen molar-refractivity contribution in [1.29, 1.82) is 0 Å². The minimum absolute atomic E-state index is 0.296. The van der Waals surface area contributed by atoms with Crippen molar-refractivity contribution in [3.8, 4) is 0 Å². The van der Waals surface area contributed by atoms with Crippen LogP contribution >= 0.6 is 0 Å². The quantitative estimate of drug-likeness (QED) is 0.780. The molecule has 0 radical (unpaired) electrons. The Morgan fingerprint density at radius 2 is 1.76 bits per heavy atom. The summed E-state index contributed by atoms with van der Waals surface area (Å²) in [4.78, 5) is 8.59. The highest BCUT2D eigenvalue weighted by Crippen LogP contribution is 2.19. The fourth-order valence-corrected chi connectivity index (χ4v) is 2.68. The molecule has 21 heavy (non-hydrogen) atoms. The summed E-state index contributed by atoms with van der Waals surface area (Å²) in [5.41, 5.74) is 2.94. The molecule has 4 nitrogen and oxygen atoms in total. The van der Waals surface area contributed by atoms with E-state index in [1.54, 1.807) is 12.4 Å². The van der Waals surface area contributed by atoms with Crippen molar-refractivity contribution in [3.63, 3.8) is 0 Å². The first kappa shape index (κ1) is 15.7. The Bertz CT molecular complexity index is 558. The number of rotatable bonds is 8. The predicted molar refractivity (Wildman–Crippen MR) is 87.3 cm³/mol. The third-order valence-electron chi connectivity index (χ3n) is 3.86. The Labute approximate surface area is 126 Å². The van der Waals surface area contributed by atoms with Crippen LogP contribution < -0.4 is 5.32 Å². The average molecular weight is 287 g/mol. The topological polar surface area (TPSA) is 58.0 Å². The third-order valence-corrected chi connectivity index (χ3v) is 3.86. The van der Waals surface area contributed by atoms with Gasteiger partial charge < -0.3 is 10.4 Å². The number of anilines is 1. The van der Waals surface area contributed by atoms with Crippen LogP contribution in [-0.4, -0.2) is 28.2 Å². The van der Waals surface area contributed by atoms with Crippen molar-refractivity contribution in [1.82, 2.24) is 9.97 Å². The van der Waals surface area contributed by atoms with Gasteiger partial charge in [0.05, 0.1) is 11.0 Å². The van der Waals surface area contributed by atoms with E-state index < -0.39 is 0 Å². The second-order valence-corrected chi connectivity index (χ2v) is 5.93. The van der Waals surface area contributed by atoms with Crippen molar-refractivity contribution in [2.45, 2.75) is 33.1 Å². The summed E-state index contributed by atoms with van der Waals surface area (Å²) < 4.78 is 0. The molecule has 0 amide bonds. The first-order valence-corrected chi connectivity index (χ1v) is 7.74. The number of fused-ring (bicyclic) bond motifs is 1. The number of aliphatic hydroxyl groups is 1. The number of aromatic nitrogens is 2. The van der Waals surface area contributed by atoms with E-state index in [-0.39, 0.29) is 0 Å². The Kier molecular flexibility index (Phi) is 5.93. The molecular weight excluding hydrogens is 262 g/mol. The predicted octanol–water partition coefficient (Wildman–Crippen LogP) is 3.48. The zero-order valence-corrected chi connectivity index (χ0v) is 12.9. The Morgan fingerprint density at radius 1 is 1.05 bits per heavy atom. The van der Waals surface area contributed by atoms with Gasteiger partial charge in [-0.25, -0.2) is 0 Å². The molecule has 2 aromatic rings. The summed E-state index contributed by atoms with van der Waals surface area (Å²) in [6.07, 6.45) is 6.64. The minimum Gasteiger partial charge on any atom is -0.396 e. The van der Waals surface area contributed by atoms with Crippen LogP contribution in [0.2, 0.25) is 0 Å². The van der Waals surface area contributed by atoms with Crippen molar-refractivity contribution < 1.29 is 5.11 Å². The summed E-state index contributed by atoms with van der Waals surface area (Å²) in [7, 11) is 0. The molecule has 0 fully saturated rings. The largest absolute Gasteiger partial charge is 0.396 e. The van der Waals surface area contributed by atoms with Gasteiger partial charge in [0, 0.05) is 31.2 Å². The lowest BCUT2D eigenvalue weighted by atomic mass is 9.93. The molecule has 0 bridgehead atoms. The number of aliphatic hydroxyl groups excluding tert-OH is 1. The van der Waals surface area contributed by atoms with Crippen LogP contribution in [0, 0.1) is 11.8 Å². The van der Waals surface area contributed by atoms with Crippen LogP contribution in [0.3, 0.4) is 0 Å². The second-order valence-electron chi connectivity index (χ2n) is 5.93. The summed E-state index contributed by atoms with van der Waals surface area (Å²) in [6.45, 7) is 5.74. The van der Waals surface area contributed by atoms with Gasteiger partial charge in [-0.05, 0) is 49.3 Å². The lowest BCUT2D eigenvalue weighted by Crippen LogP contribution is -2.10. The molecule has 0 aliphatic heterocycles. The van der Waals surface area contributed by atoms with Gasteiger partial charge in [0.2, 0.25) is 0 Å². The zero-order chi connectivity index (χ0) is 15.1. The Hall–Kier alpha value is -1.68. The van der Waals surface area contributed by atoms with Gasteiger partial charge in [-0.3, -0.25) is 9.97 Å². The SMILES string of the molecule is CC(CCO)CC(C)CCNc1ccc2nccnc2c1. The molecule has 114 valence electrons. The van der Waals surface area contributed by atoms with Crippen LogP contribution in [0.15, 0.2) is 30.6 Å². The third kappa shape index (κ3) is 4.97. The number of benzene rings is 1. The molecule has 0 aliphatic carbocycles. The smallest absolute Gasteiger partial charge is 0.0907 e. The summed E-state index contributed by atoms with van der Waals surface area (Å²) >= 11 is 0. The molecule has 4 heteroatoms. The van der Waals surface area contributed by atoms with Gasteiger partial charge in [0.25, 0.3) is 0 Å². The molecule has 1 heterocycles. The van der Waals surface area contributed by atoms with Crippen LogP contribution in [0.25, 0.3) is 11.0 Å². The molecule has 2 unspecified atom stereocenters. The second kappa shape index (κ2) is 7.93.